The second-order valence-corrected chi connectivity index (χ2v) is 11.5. The van der Waals surface area contributed by atoms with Gasteiger partial charge >= 0.3 is 11.9 Å². The Morgan fingerprint density at radius 2 is 1.69 bits per heavy atom. The smallest absolute Gasteiger partial charge is 0.344 e. The summed E-state index contributed by atoms with van der Waals surface area (Å²) < 4.78 is 27.9. The van der Waals surface area contributed by atoms with Crippen LogP contribution in [0.4, 0.5) is 5.69 Å². The fourth-order valence-electron chi connectivity index (χ4n) is 3.99. The van der Waals surface area contributed by atoms with E-state index in [2.05, 4.69) is 0 Å². The number of fused-ring (bicyclic) bond motifs is 2. The van der Waals surface area contributed by atoms with Gasteiger partial charge in [-0.2, -0.15) is 0 Å². The number of ether oxygens (including phenoxy) is 5. The summed E-state index contributed by atoms with van der Waals surface area (Å²) >= 11 is 0. The standard InChI is InChI=1S/C31H40N2O9/c1-9-31(5,6)42-25(34)18-33-21-17-20(28(36)32(7)15-16-38-8)13-14-22(21)40-24-12-10-11-23(27(24)29(33)37)39-19-26(35)41-30(2,3)4/h10-14,17H,9,15-16,18-19H2,1-8H3. The van der Waals surface area contributed by atoms with E-state index in [1.807, 2.05) is 6.92 Å². The quantitative estimate of drug-likeness (QED) is 0.349. The molecule has 0 aromatic heterocycles. The van der Waals surface area contributed by atoms with Crippen molar-refractivity contribution in [3.63, 3.8) is 0 Å². The first-order valence-corrected chi connectivity index (χ1v) is 13.7. The van der Waals surface area contributed by atoms with Gasteiger partial charge in [-0.05, 0) is 71.4 Å². The molecule has 0 saturated heterocycles. The maximum Gasteiger partial charge on any atom is 0.344 e. The number of anilines is 1. The summed E-state index contributed by atoms with van der Waals surface area (Å²) in [4.78, 5) is 55.4. The Labute approximate surface area is 246 Å². The number of nitrogens with zero attached hydrogens (tertiary/aromatic N) is 2. The second kappa shape index (κ2) is 13.2. The van der Waals surface area contributed by atoms with Gasteiger partial charge in [0.05, 0.1) is 12.3 Å². The number of benzene rings is 2. The third kappa shape index (κ3) is 8.22. The van der Waals surface area contributed by atoms with Crippen LogP contribution >= 0.6 is 0 Å². The Morgan fingerprint density at radius 1 is 0.976 bits per heavy atom. The molecule has 0 N–H and O–H groups in total. The zero-order valence-electron chi connectivity index (χ0n) is 25.6. The monoisotopic (exact) mass is 584 g/mol. The number of amides is 2. The molecule has 3 rings (SSSR count). The van der Waals surface area contributed by atoms with Gasteiger partial charge in [0.1, 0.15) is 34.8 Å². The molecule has 11 nitrogen and oxygen atoms in total. The van der Waals surface area contributed by atoms with Crippen molar-refractivity contribution in [3.8, 4) is 17.2 Å². The fourth-order valence-corrected chi connectivity index (χ4v) is 3.99. The molecule has 2 aromatic carbocycles. The summed E-state index contributed by atoms with van der Waals surface area (Å²) in [5.74, 6) is -1.74. The minimum absolute atomic E-state index is 0.00454. The molecule has 1 aliphatic rings. The van der Waals surface area contributed by atoms with Gasteiger partial charge in [0.2, 0.25) is 0 Å². The second-order valence-electron chi connectivity index (χ2n) is 11.5. The summed E-state index contributed by atoms with van der Waals surface area (Å²) in [5.41, 5.74) is -0.989. The highest BCUT2D eigenvalue weighted by molar-refractivity contribution is 6.13. The van der Waals surface area contributed by atoms with E-state index in [-0.39, 0.29) is 40.0 Å². The van der Waals surface area contributed by atoms with Crippen LogP contribution in [0.15, 0.2) is 36.4 Å². The number of esters is 2. The van der Waals surface area contributed by atoms with E-state index in [4.69, 9.17) is 23.7 Å². The highest BCUT2D eigenvalue weighted by Gasteiger charge is 2.35. The molecule has 0 aliphatic carbocycles. The first-order chi connectivity index (χ1) is 19.7. The van der Waals surface area contributed by atoms with Gasteiger partial charge in [-0.1, -0.05) is 13.0 Å². The molecule has 1 aliphatic heterocycles. The van der Waals surface area contributed by atoms with Crippen LogP contribution in [0.5, 0.6) is 17.2 Å². The summed E-state index contributed by atoms with van der Waals surface area (Å²) in [6.07, 6.45) is 0.560. The average Bonchev–Trinajstić information content (AvgIpc) is 3.02. The summed E-state index contributed by atoms with van der Waals surface area (Å²) in [6, 6.07) is 9.38. The molecule has 2 aromatic rings. The van der Waals surface area contributed by atoms with Crippen molar-refractivity contribution in [1.82, 2.24) is 4.90 Å². The van der Waals surface area contributed by atoms with E-state index in [9.17, 15) is 19.2 Å². The van der Waals surface area contributed by atoms with E-state index in [1.165, 1.54) is 21.9 Å². The molecule has 42 heavy (non-hydrogen) atoms. The maximum absolute atomic E-state index is 14.2. The largest absolute Gasteiger partial charge is 0.481 e. The number of likely N-dealkylation sites (N-methyl/N-ethyl adjacent to an activating group) is 1. The third-order valence-electron chi connectivity index (χ3n) is 6.44. The highest BCUT2D eigenvalue weighted by Crippen LogP contribution is 2.42. The van der Waals surface area contributed by atoms with E-state index in [1.54, 1.807) is 73.0 Å². The van der Waals surface area contributed by atoms with Crippen LogP contribution in [0.2, 0.25) is 0 Å². The summed E-state index contributed by atoms with van der Waals surface area (Å²) in [7, 11) is 3.18. The van der Waals surface area contributed by atoms with Gasteiger partial charge in [0.25, 0.3) is 11.8 Å². The Kier molecular flexibility index (Phi) is 10.2. The molecule has 228 valence electrons. The van der Waals surface area contributed by atoms with Crippen LogP contribution in [0.3, 0.4) is 0 Å². The molecule has 0 fully saturated rings. The number of carbonyl (C=O) groups excluding carboxylic acids is 4. The number of methoxy groups -OCH3 is 1. The molecular formula is C31H40N2O9. The first kappa shape index (κ1) is 32.4. The van der Waals surface area contributed by atoms with E-state index >= 15 is 0 Å². The lowest BCUT2D eigenvalue weighted by atomic mass is 10.1. The van der Waals surface area contributed by atoms with Gasteiger partial charge < -0.3 is 28.6 Å². The molecule has 0 atom stereocenters. The van der Waals surface area contributed by atoms with Crippen molar-refractivity contribution < 1.29 is 42.9 Å². The van der Waals surface area contributed by atoms with Gasteiger partial charge in [-0.3, -0.25) is 19.3 Å². The Balaban J connectivity index is 2.04. The predicted molar refractivity (Wildman–Crippen MR) is 155 cm³/mol. The molecule has 0 saturated carbocycles. The molecule has 0 unspecified atom stereocenters. The Morgan fingerprint density at radius 3 is 2.33 bits per heavy atom. The van der Waals surface area contributed by atoms with Gasteiger partial charge in [0, 0.05) is 26.3 Å². The lowest BCUT2D eigenvalue weighted by Crippen LogP contribution is -2.39. The number of carbonyl (C=O) groups is 4. The molecule has 0 spiro atoms. The SMILES string of the molecule is CCC(C)(C)OC(=O)CN1C(=O)c2c(OCC(=O)OC(C)(C)C)cccc2Oc2ccc(C(=O)N(C)CCOC)cc21. The van der Waals surface area contributed by atoms with Crippen molar-refractivity contribution in [2.75, 3.05) is 45.4 Å². The van der Waals surface area contributed by atoms with E-state index in [0.717, 1.165) is 0 Å². The van der Waals surface area contributed by atoms with Crippen LogP contribution in [-0.2, 0) is 23.8 Å². The van der Waals surface area contributed by atoms with Crippen molar-refractivity contribution >= 4 is 29.4 Å². The van der Waals surface area contributed by atoms with Crippen molar-refractivity contribution in [2.45, 2.75) is 59.2 Å². The fraction of sp³-hybridized carbons (Fsp3) is 0.484. The van der Waals surface area contributed by atoms with E-state index < -0.39 is 42.2 Å². The molecule has 1 heterocycles. The molecule has 2 amide bonds. The van der Waals surface area contributed by atoms with E-state index in [0.29, 0.717) is 19.6 Å². The summed E-state index contributed by atoms with van der Waals surface area (Å²) in [6.45, 7) is 10.4. The first-order valence-electron chi connectivity index (χ1n) is 13.7. The van der Waals surface area contributed by atoms with Crippen LogP contribution < -0.4 is 14.4 Å². The van der Waals surface area contributed by atoms with Crippen LogP contribution in [-0.4, -0.2) is 80.3 Å². The average molecular weight is 585 g/mol. The minimum Gasteiger partial charge on any atom is -0.481 e. The van der Waals surface area contributed by atoms with Gasteiger partial charge in [-0.25, -0.2) is 4.79 Å². The third-order valence-corrected chi connectivity index (χ3v) is 6.44. The Hall–Kier alpha value is -4.12. The number of hydrogen-bond acceptors (Lipinski definition) is 9. The highest BCUT2D eigenvalue weighted by atomic mass is 16.6. The zero-order chi connectivity index (χ0) is 31.2. The number of rotatable bonds is 11. The molecular weight excluding hydrogens is 544 g/mol. The lowest BCUT2D eigenvalue weighted by molar-refractivity contribution is -0.157. The van der Waals surface area contributed by atoms with Gasteiger partial charge in [0.15, 0.2) is 12.4 Å². The van der Waals surface area contributed by atoms with Gasteiger partial charge in [-0.15, -0.1) is 0 Å². The molecule has 0 bridgehead atoms. The summed E-state index contributed by atoms with van der Waals surface area (Å²) in [5, 5.41) is 0. The zero-order valence-corrected chi connectivity index (χ0v) is 25.6. The lowest BCUT2D eigenvalue weighted by Gasteiger charge is -2.27. The minimum atomic E-state index is -0.757. The van der Waals surface area contributed by atoms with Crippen LogP contribution in [0.1, 0.15) is 68.7 Å². The topological polar surface area (TPSA) is 121 Å². The molecule has 0 radical (unpaired) electrons. The van der Waals surface area contributed by atoms with Crippen molar-refractivity contribution in [3.05, 3.63) is 47.5 Å². The van der Waals surface area contributed by atoms with Crippen LogP contribution in [0.25, 0.3) is 0 Å². The predicted octanol–water partition coefficient (Wildman–Crippen LogP) is 4.61. The van der Waals surface area contributed by atoms with Crippen molar-refractivity contribution in [1.29, 1.82) is 0 Å². The normalized spacial score (nSPS) is 12.9. The maximum atomic E-state index is 14.2. The number of hydrogen-bond donors (Lipinski definition) is 0. The molecule has 11 heteroatoms. The van der Waals surface area contributed by atoms with Crippen molar-refractivity contribution in [2.24, 2.45) is 0 Å². The van der Waals surface area contributed by atoms with Crippen LogP contribution in [0, 0.1) is 0 Å². The Bertz CT molecular complexity index is 1330.